The highest BCUT2D eigenvalue weighted by molar-refractivity contribution is 5.63. The lowest BCUT2D eigenvalue weighted by atomic mass is 9.99. The summed E-state index contributed by atoms with van der Waals surface area (Å²) in [7, 11) is 2.20. The first kappa shape index (κ1) is 17.0. The Labute approximate surface area is 154 Å². The van der Waals surface area contributed by atoms with E-state index in [-0.39, 0.29) is 0 Å². The van der Waals surface area contributed by atoms with Gasteiger partial charge in [-0.2, -0.15) is 5.10 Å². The van der Waals surface area contributed by atoms with Crippen molar-refractivity contribution < 1.29 is 0 Å². The molecule has 0 spiro atoms. The van der Waals surface area contributed by atoms with E-state index in [1.165, 1.54) is 41.8 Å². The van der Waals surface area contributed by atoms with Crippen LogP contribution in [0.3, 0.4) is 0 Å². The number of likely N-dealkylation sites (tertiary alicyclic amines) is 1. The second-order valence-corrected chi connectivity index (χ2v) is 7.51. The molecule has 136 valence electrons. The Kier molecular flexibility index (Phi) is 4.59. The van der Waals surface area contributed by atoms with Gasteiger partial charge in [0.25, 0.3) is 0 Å². The standard InChI is InChI=1S/C20H26N6/c1-15-8-16(2)19(9-18(15)12-26-14-21-13-23-26)20-22-5-7-25(20)11-17-4-6-24(3)10-17/h5,7-9,13-14,17H,4,6,10-12H2,1-3H3/t17-/m0/s1. The molecule has 1 aromatic carbocycles. The van der Waals surface area contributed by atoms with Crippen LogP contribution in [0.1, 0.15) is 23.1 Å². The summed E-state index contributed by atoms with van der Waals surface area (Å²) in [4.78, 5) is 11.1. The average molecular weight is 350 g/mol. The van der Waals surface area contributed by atoms with Gasteiger partial charge in [-0.25, -0.2) is 14.6 Å². The van der Waals surface area contributed by atoms with E-state index in [9.17, 15) is 0 Å². The van der Waals surface area contributed by atoms with Gasteiger partial charge in [-0.3, -0.25) is 0 Å². The van der Waals surface area contributed by atoms with Gasteiger partial charge in [-0.15, -0.1) is 0 Å². The van der Waals surface area contributed by atoms with Crippen LogP contribution in [-0.2, 0) is 13.1 Å². The van der Waals surface area contributed by atoms with Crippen molar-refractivity contribution in [1.29, 1.82) is 0 Å². The number of aryl methyl sites for hydroxylation is 2. The van der Waals surface area contributed by atoms with E-state index in [0.717, 1.165) is 18.9 Å². The SMILES string of the molecule is Cc1cc(C)c(-c2nccn2C[C@H]2CCN(C)C2)cc1Cn1cncn1. The largest absolute Gasteiger partial charge is 0.331 e. The predicted molar refractivity (Wildman–Crippen MR) is 102 cm³/mol. The highest BCUT2D eigenvalue weighted by Gasteiger charge is 2.21. The molecule has 1 fully saturated rings. The molecule has 0 bridgehead atoms. The number of benzene rings is 1. The van der Waals surface area contributed by atoms with Gasteiger partial charge >= 0.3 is 0 Å². The fraction of sp³-hybridized carbons (Fsp3) is 0.450. The highest BCUT2D eigenvalue weighted by atomic mass is 15.3. The number of imidazole rings is 1. The first-order chi connectivity index (χ1) is 12.6. The Hall–Kier alpha value is -2.47. The van der Waals surface area contributed by atoms with Gasteiger partial charge in [0.1, 0.15) is 18.5 Å². The second-order valence-electron chi connectivity index (χ2n) is 7.51. The molecular formula is C20H26N6. The maximum absolute atomic E-state index is 4.69. The van der Waals surface area contributed by atoms with Crippen molar-refractivity contribution in [3.05, 3.63) is 53.9 Å². The third-order valence-corrected chi connectivity index (χ3v) is 5.38. The molecule has 1 aliphatic rings. The monoisotopic (exact) mass is 350 g/mol. The third kappa shape index (κ3) is 3.42. The molecule has 3 aromatic rings. The van der Waals surface area contributed by atoms with Crippen molar-refractivity contribution in [1.82, 2.24) is 29.2 Å². The third-order valence-electron chi connectivity index (χ3n) is 5.38. The van der Waals surface area contributed by atoms with Gasteiger partial charge in [-0.1, -0.05) is 6.07 Å². The summed E-state index contributed by atoms with van der Waals surface area (Å²) in [5.74, 6) is 1.77. The van der Waals surface area contributed by atoms with Gasteiger partial charge in [-0.05, 0) is 62.5 Å². The van der Waals surface area contributed by atoms with E-state index in [2.05, 4.69) is 58.8 Å². The predicted octanol–water partition coefficient (Wildman–Crippen LogP) is 2.76. The maximum Gasteiger partial charge on any atom is 0.140 e. The van der Waals surface area contributed by atoms with Gasteiger partial charge in [0.15, 0.2) is 0 Å². The van der Waals surface area contributed by atoms with Crippen LogP contribution in [0.2, 0.25) is 0 Å². The summed E-state index contributed by atoms with van der Waals surface area (Å²) >= 11 is 0. The van der Waals surface area contributed by atoms with Crippen LogP contribution in [0.25, 0.3) is 11.4 Å². The number of aromatic nitrogens is 5. The van der Waals surface area contributed by atoms with Crippen molar-refractivity contribution in [3.8, 4) is 11.4 Å². The van der Waals surface area contributed by atoms with Crippen molar-refractivity contribution in [3.63, 3.8) is 0 Å². The lowest BCUT2D eigenvalue weighted by Crippen LogP contribution is -2.17. The molecule has 2 aromatic heterocycles. The van der Waals surface area contributed by atoms with E-state index >= 15 is 0 Å². The normalized spacial score (nSPS) is 17.9. The first-order valence-corrected chi connectivity index (χ1v) is 9.22. The van der Waals surface area contributed by atoms with Crippen molar-refractivity contribution in [2.75, 3.05) is 20.1 Å². The summed E-state index contributed by atoms with van der Waals surface area (Å²) in [5, 5.41) is 4.24. The maximum atomic E-state index is 4.69. The molecule has 1 aliphatic heterocycles. The molecule has 4 rings (SSSR count). The Morgan fingerprint density at radius 1 is 1.19 bits per heavy atom. The molecule has 1 saturated heterocycles. The van der Waals surface area contributed by atoms with Crippen molar-refractivity contribution in [2.24, 2.45) is 5.92 Å². The molecule has 0 amide bonds. The number of hydrogen-bond donors (Lipinski definition) is 0. The molecule has 26 heavy (non-hydrogen) atoms. The van der Waals surface area contributed by atoms with E-state index in [1.54, 1.807) is 12.7 Å². The van der Waals surface area contributed by atoms with Crippen LogP contribution >= 0.6 is 0 Å². The van der Waals surface area contributed by atoms with Crippen LogP contribution < -0.4 is 0 Å². The molecular weight excluding hydrogens is 324 g/mol. The molecule has 0 N–H and O–H groups in total. The summed E-state index contributed by atoms with van der Waals surface area (Å²) in [6.07, 6.45) is 8.64. The van der Waals surface area contributed by atoms with E-state index < -0.39 is 0 Å². The van der Waals surface area contributed by atoms with Crippen LogP contribution in [0.15, 0.2) is 37.2 Å². The zero-order valence-corrected chi connectivity index (χ0v) is 15.8. The van der Waals surface area contributed by atoms with Crippen LogP contribution in [0, 0.1) is 19.8 Å². The van der Waals surface area contributed by atoms with Gasteiger partial charge in [0.2, 0.25) is 0 Å². The minimum atomic E-state index is 0.702. The molecule has 6 nitrogen and oxygen atoms in total. The molecule has 3 heterocycles. The van der Waals surface area contributed by atoms with Crippen LogP contribution in [0.4, 0.5) is 0 Å². The number of rotatable bonds is 5. The average Bonchev–Trinajstić information content (AvgIpc) is 3.34. The topological polar surface area (TPSA) is 51.8 Å². The zero-order chi connectivity index (χ0) is 18.1. The highest BCUT2D eigenvalue weighted by Crippen LogP contribution is 2.27. The van der Waals surface area contributed by atoms with Gasteiger partial charge in [0, 0.05) is 31.0 Å². The second kappa shape index (κ2) is 7.03. The molecule has 0 saturated carbocycles. The first-order valence-electron chi connectivity index (χ1n) is 9.22. The lowest BCUT2D eigenvalue weighted by Gasteiger charge is -2.16. The smallest absolute Gasteiger partial charge is 0.140 e. The Balaban J connectivity index is 1.64. The van der Waals surface area contributed by atoms with Crippen LogP contribution in [-0.4, -0.2) is 49.4 Å². The van der Waals surface area contributed by atoms with E-state index in [1.807, 2.05) is 10.9 Å². The van der Waals surface area contributed by atoms with Gasteiger partial charge < -0.3 is 9.47 Å². The summed E-state index contributed by atoms with van der Waals surface area (Å²) < 4.78 is 4.18. The van der Waals surface area contributed by atoms with Crippen molar-refractivity contribution >= 4 is 0 Å². The summed E-state index contributed by atoms with van der Waals surface area (Å²) in [5.41, 5.74) is 5.01. The molecule has 0 unspecified atom stereocenters. The van der Waals surface area contributed by atoms with Gasteiger partial charge in [0.05, 0.1) is 6.54 Å². The zero-order valence-electron chi connectivity index (χ0n) is 15.8. The van der Waals surface area contributed by atoms with Crippen molar-refractivity contribution in [2.45, 2.75) is 33.4 Å². The summed E-state index contributed by atoms with van der Waals surface area (Å²) in [6.45, 7) is 8.45. The Bertz CT molecular complexity index is 880. The molecule has 1 atom stereocenters. The van der Waals surface area contributed by atoms with Crippen LogP contribution in [0.5, 0.6) is 0 Å². The minimum Gasteiger partial charge on any atom is -0.331 e. The van der Waals surface area contributed by atoms with E-state index in [0.29, 0.717) is 5.92 Å². The Morgan fingerprint density at radius 2 is 2.08 bits per heavy atom. The fourth-order valence-corrected chi connectivity index (χ4v) is 3.95. The summed E-state index contributed by atoms with van der Waals surface area (Å²) in [6, 6.07) is 4.52. The number of hydrogen-bond acceptors (Lipinski definition) is 4. The molecule has 6 heteroatoms. The van der Waals surface area contributed by atoms with E-state index in [4.69, 9.17) is 4.98 Å². The Morgan fingerprint density at radius 3 is 2.81 bits per heavy atom. The quantitative estimate of drug-likeness (QED) is 0.710. The molecule has 0 radical (unpaired) electrons. The lowest BCUT2D eigenvalue weighted by molar-refractivity contribution is 0.378. The fourth-order valence-electron chi connectivity index (χ4n) is 3.95. The molecule has 0 aliphatic carbocycles. The number of nitrogens with zero attached hydrogens (tertiary/aromatic N) is 6. The minimum absolute atomic E-state index is 0.702.